The number of thiophene rings is 1. The summed E-state index contributed by atoms with van der Waals surface area (Å²) in [6.45, 7) is 0.00678. The molecule has 0 aliphatic carbocycles. The van der Waals surface area contributed by atoms with E-state index in [0.717, 1.165) is 22.2 Å². The Morgan fingerprint density at radius 2 is 1.93 bits per heavy atom. The van der Waals surface area contributed by atoms with Crippen LogP contribution in [0.2, 0.25) is 0 Å². The van der Waals surface area contributed by atoms with Crippen LogP contribution < -0.4 is 20.7 Å². The molecule has 150 valence electrons. The largest absolute Gasteiger partial charge is 0.497 e. The topological polar surface area (TPSA) is 79.5 Å². The number of carbonyl (C=O) groups is 2. The molecule has 1 fully saturated rings. The summed E-state index contributed by atoms with van der Waals surface area (Å²) >= 11 is 1.38. The highest BCUT2D eigenvalue weighted by Gasteiger charge is 2.40. The maximum atomic E-state index is 14.5. The quantitative estimate of drug-likeness (QED) is 0.607. The molecule has 2 aromatic carbocycles. The van der Waals surface area contributed by atoms with Crippen LogP contribution in [0.5, 0.6) is 5.75 Å². The first-order valence-corrected chi connectivity index (χ1v) is 9.64. The Bertz CT molecular complexity index is 1050. The van der Waals surface area contributed by atoms with Crippen molar-refractivity contribution >= 4 is 38.4 Å². The third kappa shape index (κ3) is 3.73. The van der Waals surface area contributed by atoms with Crippen LogP contribution in [0.4, 0.5) is 18.6 Å². The summed E-state index contributed by atoms with van der Waals surface area (Å²) in [5, 5.41) is 9.34. The molecule has 6 nitrogen and oxygen atoms in total. The van der Waals surface area contributed by atoms with E-state index in [1.54, 1.807) is 0 Å². The maximum Gasteiger partial charge on any atom is 0.320 e. The second-order valence-corrected chi connectivity index (χ2v) is 7.66. The van der Waals surface area contributed by atoms with E-state index in [-0.39, 0.29) is 17.9 Å². The number of nitrogens with one attached hydrogen (secondary N) is 3. The normalized spacial score (nSPS) is 18.5. The minimum Gasteiger partial charge on any atom is -0.497 e. The first kappa shape index (κ1) is 19.1. The van der Waals surface area contributed by atoms with Gasteiger partial charge in [0.1, 0.15) is 23.4 Å². The molecule has 0 bridgehead atoms. The molecular weight excluding hydrogens is 400 g/mol. The monoisotopic (exact) mass is 417 g/mol. The van der Waals surface area contributed by atoms with E-state index in [0.29, 0.717) is 5.00 Å². The molecule has 2 atom stereocenters. The zero-order valence-electron chi connectivity index (χ0n) is 15.3. The van der Waals surface area contributed by atoms with E-state index in [1.807, 2.05) is 30.3 Å². The first-order valence-electron chi connectivity index (χ1n) is 8.83. The SMILES string of the molecule is COc1cc(F)c([C@@H]2CNC(=O)[C@H]2NC(=O)Nc2cc3ccccc3s2)c(F)c1. The van der Waals surface area contributed by atoms with Gasteiger partial charge in [-0.25, -0.2) is 13.6 Å². The van der Waals surface area contributed by atoms with Crippen LogP contribution in [-0.2, 0) is 4.79 Å². The van der Waals surface area contributed by atoms with Crippen molar-refractivity contribution in [2.75, 3.05) is 19.0 Å². The molecule has 4 rings (SSSR count). The molecule has 0 radical (unpaired) electrons. The van der Waals surface area contributed by atoms with Crippen LogP contribution in [0.15, 0.2) is 42.5 Å². The number of halogens is 2. The molecule has 1 aromatic heterocycles. The van der Waals surface area contributed by atoms with Gasteiger partial charge in [-0.15, -0.1) is 11.3 Å². The predicted molar refractivity (Wildman–Crippen MR) is 106 cm³/mol. The van der Waals surface area contributed by atoms with Gasteiger partial charge in [-0.05, 0) is 17.5 Å². The van der Waals surface area contributed by atoms with Crippen molar-refractivity contribution < 1.29 is 23.1 Å². The molecule has 2 heterocycles. The predicted octanol–water partition coefficient (Wildman–Crippen LogP) is 3.59. The fourth-order valence-corrected chi connectivity index (χ4v) is 4.38. The zero-order chi connectivity index (χ0) is 20.5. The highest BCUT2D eigenvalue weighted by Crippen LogP contribution is 2.32. The lowest BCUT2D eigenvalue weighted by atomic mass is 9.93. The number of urea groups is 1. The van der Waals surface area contributed by atoms with Gasteiger partial charge < -0.3 is 15.4 Å². The first-order chi connectivity index (χ1) is 14.0. The van der Waals surface area contributed by atoms with Crippen molar-refractivity contribution in [3.05, 3.63) is 59.7 Å². The molecule has 1 aliphatic rings. The number of methoxy groups -OCH3 is 1. The number of fused-ring (bicyclic) bond motifs is 1. The Morgan fingerprint density at radius 1 is 1.21 bits per heavy atom. The molecule has 29 heavy (non-hydrogen) atoms. The van der Waals surface area contributed by atoms with Crippen LogP contribution in [-0.4, -0.2) is 31.6 Å². The number of carbonyl (C=O) groups excluding carboxylic acids is 2. The van der Waals surface area contributed by atoms with Gasteiger partial charge in [0.2, 0.25) is 5.91 Å². The van der Waals surface area contributed by atoms with Crippen LogP contribution in [0.3, 0.4) is 0 Å². The average Bonchev–Trinajstić information content (AvgIpc) is 3.25. The Morgan fingerprint density at radius 3 is 2.62 bits per heavy atom. The number of anilines is 1. The van der Waals surface area contributed by atoms with Gasteiger partial charge in [0.25, 0.3) is 0 Å². The third-order valence-corrected chi connectivity index (χ3v) is 5.82. The third-order valence-electron chi connectivity index (χ3n) is 4.79. The van der Waals surface area contributed by atoms with E-state index in [2.05, 4.69) is 16.0 Å². The summed E-state index contributed by atoms with van der Waals surface area (Å²) in [4.78, 5) is 24.6. The van der Waals surface area contributed by atoms with E-state index in [4.69, 9.17) is 4.74 Å². The lowest BCUT2D eigenvalue weighted by molar-refractivity contribution is -0.120. The second-order valence-electron chi connectivity index (χ2n) is 6.58. The van der Waals surface area contributed by atoms with Gasteiger partial charge in [0, 0.05) is 34.9 Å². The summed E-state index contributed by atoms with van der Waals surface area (Å²) in [6, 6.07) is 9.82. The molecule has 1 aliphatic heterocycles. The Kier molecular flexibility index (Phi) is 5.06. The summed E-state index contributed by atoms with van der Waals surface area (Å²) in [5.74, 6) is -3.02. The molecule has 3 amide bonds. The van der Waals surface area contributed by atoms with Gasteiger partial charge in [0.15, 0.2) is 0 Å². The molecule has 3 N–H and O–H groups in total. The Balaban J connectivity index is 1.53. The van der Waals surface area contributed by atoms with E-state index < -0.39 is 35.5 Å². The van der Waals surface area contributed by atoms with Crippen molar-refractivity contribution in [1.82, 2.24) is 10.6 Å². The minimum absolute atomic E-state index is 0.00678. The summed E-state index contributed by atoms with van der Waals surface area (Å²) in [6.07, 6.45) is 0. The minimum atomic E-state index is -1.11. The molecule has 3 aromatic rings. The van der Waals surface area contributed by atoms with Crippen LogP contribution in [0.25, 0.3) is 10.1 Å². The number of amides is 3. The molecule has 9 heteroatoms. The number of hydrogen-bond acceptors (Lipinski definition) is 4. The van der Waals surface area contributed by atoms with Crippen molar-refractivity contribution in [2.45, 2.75) is 12.0 Å². The highest BCUT2D eigenvalue weighted by atomic mass is 32.1. The van der Waals surface area contributed by atoms with Gasteiger partial charge >= 0.3 is 6.03 Å². The molecule has 0 unspecified atom stereocenters. The smallest absolute Gasteiger partial charge is 0.320 e. The molecule has 0 saturated carbocycles. The van der Waals surface area contributed by atoms with Gasteiger partial charge in [-0.3, -0.25) is 10.1 Å². The van der Waals surface area contributed by atoms with Crippen LogP contribution >= 0.6 is 11.3 Å². The van der Waals surface area contributed by atoms with E-state index >= 15 is 0 Å². The number of hydrogen-bond donors (Lipinski definition) is 3. The van der Waals surface area contributed by atoms with E-state index in [1.165, 1.54) is 18.4 Å². The summed E-state index contributed by atoms with van der Waals surface area (Å²) in [7, 11) is 1.30. The van der Waals surface area contributed by atoms with E-state index in [9.17, 15) is 18.4 Å². The van der Waals surface area contributed by atoms with Crippen molar-refractivity contribution in [1.29, 1.82) is 0 Å². The number of benzene rings is 2. The van der Waals surface area contributed by atoms with Gasteiger partial charge in [0.05, 0.1) is 12.1 Å². The van der Waals surface area contributed by atoms with Crippen molar-refractivity contribution in [3.63, 3.8) is 0 Å². The zero-order valence-corrected chi connectivity index (χ0v) is 16.1. The Labute approximate surface area is 168 Å². The highest BCUT2D eigenvalue weighted by molar-refractivity contribution is 7.22. The molecule has 0 spiro atoms. The molecule has 1 saturated heterocycles. The number of ether oxygens (including phenoxy) is 1. The fourth-order valence-electron chi connectivity index (χ4n) is 3.42. The standard InChI is InChI=1S/C20H17F2N3O3S/c1-28-11-7-13(21)17(14(22)8-11)12-9-23-19(26)18(12)25-20(27)24-16-6-10-4-2-3-5-15(10)29-16/h2-8,12,18H,9H2,1H3,(H,23,26)(H2,24,25,27)/t12-,18-/m0/s1. The lowest BCUT2D eigenvalue weighted by Crippen LogP contribution is -2.45. The number of rotatable bonds is 4. The van der Waals surface area contributed by atoms with Crippen LogP contribution in [0.1, 0.15) is 11.5 Å². The average molecular weight is 417 g/mol. The maximum absolute atomic E-state index is 14.5. The lowest BCUT2D eigenvalue weighted by Gasteiger charge is -2.20. The van der Waals surface area contributed by atoms with Crippen molar-refractivity contribution in [2.24, 2.45) is 0 Å². The molecular formula is C20H17F2N3O3S. The second kappa shape index (κ2) is 7.67. The van der Waals surface area contributed by atoms with Gasteiger partial charge in [-0.1, -0.05) is 18.2 Å². The van der Waals surface area contributed by atoms with Gasteiger partial charge in [-0.2, -0.15) is 0 Å². The van der Waals surface area contributed by atoms with Crippen LogP contribution in [0, 0.1) is 11.6 Å². The summed E-state index contributed by atoms with van der Waals surface area (Å²) < 4.78 is 34.8. The van der Waals surface area contributed by atoms with Crippen molar-refractivity contribution in [3.8, 4) is 5.75 Å². The Hall–Kier alpha value is -3.20. The fraction of sp³-hybridized carbons (Fsp3) is 0.200. The summed E-state index contributed by atoms with van der Waals surface area (Å²) in [5.41, 5.74) is -0.267.